The van der Waals surface area contributed by atoms with Crippen LogP contribution in [0, 0.1) is 10.1 Å². The van der Waals surface area contributed by atoms with Crippen molar-refractivity contribution in [3.05, 3.63) is 52.1 Å². The molecule has 1 aromatic carbocycles. The fourth-order valence-electron chi connectivity index (χ4n) is 1.75. The van der Waals surface area contributed by atoms with Gasteiger partial charge in [-0.3, -0.25) is 19.7 Å². The number of benzene rings is 1. The first-order valence-electron chi connectivity index (χ1n) is 6.51. The number of carbonyl (C=O) groups is 2. The molecule has 2 amide bonds. The van der Waals surface area contributed by atoms with E-state index in [2.05, 4.69) is 20.6 Å². The van der Waals surface area contributed by atoms with Crippen LogP contribution in [-0.4, -0.2) is 45.0 Å². The van der Waals surface area contributed by atoms with Crippen LogP contribution >= 0.6 is 0 Å². The second kappa shape index (κ2) is 7.13. The van der Waals surface area contributed by atoms with E-state index in [0.29, 0.717) is 5.69 Å². The molecular weight excluding hydrogens is 306 g/mol. The molecule has 1 heterocycles. The molecule has 10 nitrogen and oxygen atoms in total. The Kier molecular flexibility index (Phi) is 5.00. The maximum Gasteiger partial charge on any atom is 0.276 e. The van der Waals surface area contributed by atoms with Gasteiger partial charge >= 0.3 is 0 Å². The Morgan fingerprint density at radius 1 is 1.26 bits per heavy atom. The minimum Gasteiger partial charge on any atom is -0.395 e. The highest BCUT2D eigenvalue weighted by Gasteiger charge is 2.20. The SMILES string of the molecule is O=C(Nc1ccc([N+](=O)[O-])cc1)c1nc[nH]c1C(=O)NCCO. The second-order valence-corrected chi connectivity index (χ2v) is 4.36. The number of nitro groups is 1. The lowest BCUT2D eigenvalue weighted by Gasteiger charge is -2.05. The highest BCUT2D eigenvalue weighted by Crippen LogP contribution is 2.16. The number of H-pyrrole nitrogens is 1. The number of aromatic amines is 1. The molecule has 0 fully saturated rings. The molecular formula is C13H13N5O5. The number of imidazole rings is 1. The first kappa shape index (κ1) is 16.1. The smallest absolute Gasteiger partial charge is 0.276 e. The van der Waals surface area contributed by atoms with Gasteiger partial charge in [0.15, 0.2) is 5.69 Å². The molecule has 2 aromatic rings. The lowest BCUT2D eigenvalue weighted by Crippen LogP contribution is -2.29. The minimum absolute atomic E-state index is 0.0429. The molecule has 0 aliphatic heterocycles. The summed E-state index contributed by atoms with van der Waals surface area (Å²) in [6.07, 6.45) is 1.19. The first-order chi connectivity index (χ1) is 11.0. The van der Waals surface area contributed by atoms with E-state index in [4.69, 9.17) is 5.11 Å². The number of hydrogen-bond donors (Lipinski definition) is 4. The standard InChI is InChI=1S/C13H13N5O5/c19-6-5-14-12(20)10-11(16-7-15-10)13(21)17-8-1-3-9(4-2-8)18(22)23/h1-4,7,19H,5-6H2,(H,14,20)(H,15,16)(H,17,21). The Morgan fingerprint density at radius 3 is 2.57 bits per heavy atom. The predicted octanol–water partition coefficient (Wildman–Crippen LogP) is 0.292. The third kappa shape index (κ3) is 3.89. The molecule has 0 saturated carbocycles. The first-order valence-corrected chi connectivity index (χ1v) is 6.51. The van der Waals surface area contributed by atoms with Gasteiger partial charge in [0.1, 0.15) is 5.69 Å². The van der Waals surface area contributed by atoms with Crippen LogP contribution in [-0.2, 0) is 0 Å². The van der Waals surface area contributed by atoms with Crippen molar-refractivity contribution in [3.8, 4) is 0 Å². The van der Waals surface area contributed by atoms with Crippen molar-refractivity contribution >= 4 is 23.2 Å². The molecule has 0 aliphatic rings. The number of hydrogen-bond acceptors (Lipinski definition) is 6. The van der Waals surface area contributed by atoms with E-state index in [-0.39, 0.29) is 30.2 Å². The maximum atomic E-state index is 12.1. The van der Waals surface area contributed by atoms with Crippen LogP contribution in [0.15, 0.2) is 30.6 Å². The van der Waals surface area contributed by atoms with Crippen LogP contribution < -0.4 is 10.6 Å². The molecule has 4 N–H and O–H groups in total. The molecule has 2 rings (SSSR count). The quantitative estimate of drug-likeness (QED) is 0.444. The predicted molar refractivity (Wildman–Crippen MR) is 79.1 cm³/mol. The van der Waals surface area contributed by atoms with Gasteiger partial charge < -0.3 is 20.7 Å². The highest BCUT2D eigenvalue weighted by atomic mass is 16.6. The van der Waals surface area contributed by atoms with Crippen LogP contribution in [0.1, 0.15) is 21.0 Å². The number of amides is 2. The summed E-state index contributed by atoms with van der Waals surface area (Å²) in [5.74, 6) is -1.22. The molecule has 0 saturated heterocycles. The molecule has 0 aliphatic carbocycles. The number of non-ortho nitro benzene ring substituents is 1. The van der Waals surface area contributed by atoms with Gasteiger partial charge in [-0.15, -0.1) is 0 Å². The Balaban J connectivity index is 2.10. The summed E-state index contributed by atoms with van der Waals surface area (Å²) in [6.45, 7) is -0.189. The van der Waals surface area contributed by atoms with E-state index in [9.17, 15) is 19.7 Å². The van der Waals surface area contributed by atoms with Crippen molar-refractivity contribution in [2.45, 2.75) is 0 Å². The third-order valence-corrected chi connectivity index (χ3v) is 2.81. The monoisotopic (exact) mass is 319 g/mol. The van der Waals surface area contributed by atoms with Crippen molar-refractivity contribution < 1.29 is 19.6 Å². The Labute approximate surface area is 129 Å². The lowest BCUT2D eigenvalue weighted by molar-refractivity contribution is -0.384. The normalized spacial score (nSPS) is 10.1. The number of carbonyl (C=O) groups excluding carboxylic acids is 2. The summed E-state index contributed by atoms with van der Waals surface area (Å²) in [4.78, 5) is 40.3. The average Bonchev–Trinajstić information content (AvgIpc) is 3.03. The minimum atomic E-state index is -0.644. The second-order valence-electron chi connectivity index (χ2n) is 4.36. The molecule has 0 bridgehead atoms. The van der Waals surface area contributed by atoms with Gasteiger partial charge in [-0.1, -0.05) is 0 Å². The highest BCUT2D eigenvalue weighted by molar-refractivity contribution is 6.10. The lowest BCUT2D eigenvalue weighted by atomic mass is 10.2. The zero-order valence-electron chi connectivity index (χ0n) is 11.8. The van der Waals surface area contributed by atoms with Gasteiger partial charge in [-0.2, -0.15) is 0 Å². The number of nitro benzene ring substituents is 1. The number of aliphatic hydroxyl groups excluding tert-OH is 1. The van der Waals surface area contributed by atoms with Crippen molar-refractivity contribution in [1.29, 1.82) is 0 Å². The summed E-state index contributed by atoms with van der Waals surface area (Å²) < 4.78 is 0. The van der Waals surface area contributed by atoms with Crippen molar-refractivity contribution in [3.63, 3.8) is 0 Å². The van der Waals surface area contributed by atoms with Gasteiger partial charge in [0.2, 0.25) is 0 Å². The van der Waals surface area contributed by atoms with Crippen LogP contribution in [0.5, 0.6) is 0 Å². The van der Waals surface area contributed by atoms with Crippen LogP contribution in [0.25, 0.3) is 0 Å². The van der Waals surface area contributed by atoms with Gasteiger partial charge in [-0.25, -0.2) is 4.98 Å². The zero-order valence-corrected chi connectivity index (χ0v) is 11.8. The van der Waals surface area contributed by atoms with Crippen LogP contribution in [0.2, 0.25) is 0 Å². The maximum absolute atomic E-state index is 12.1. The van der Waals surface area contributed by atoms with Gasteiger partial charge in [0.25, 0.3) is 17.5 Å². The fourth-order valence-corrected chi connectivity index (χ4v) is 1.75. The van der Waals surface area contributed by atoms with Crippen LogP contribution in [0.4, 0.5) is 11.4 Å². The summed E-state index contributed by atoms with van der Waals surface area (Å²) in [5, 5.41) is 24.1. The fraction of sp³-hybridized carbons (Fsp3) is 0.154. The van der Waals surface area contributed by atoms with E-state index in [1.54, 1.807) is 0 Å². The molecule has 10 heteroatoms. The van der Waals surface area contributed by atoms with Crippen molar-refractivity contribution in [2.24, 2.45) is 0 Å². The van der Waals surface area contributed by atoms with E-state index >= 15 is 0 Å². The van der Waals surface area contributed by atoms with Crippen molar-refractivity contribution in [1.82, 2.24) is 15.3 Å². The van der Waals surface area contributed by atoms with Crippen molar-refractivity contribution in [2.75, 3.05) is 18.5 Å². The summed E-state index contributed by atoms with van der Waals surface area (Å²) in [7, 11) is 0. The molecule has 120 valence electrons. The van der Waals surface area contributed by atoms with Gasteiger partial charge in [0, 0.05) is 24.4 Å². The van der Waals surface area contributed by atoms with E-state index < -0.39 is 16.7 Å². The van der Waals surface area contributed by atoms with Gasteiger partial charge in [0.05, 0.1) is 17.9 Å². The number of nitrogens with zero attached hydrogens (tertiary/aromatic N) is 2. The zero-order chi connectivity index (χ0) is 16.8. The molecule has 23 heavy (non-hydrogen) atoms. The summed E-state index contributed by atoms with van der Waals surface area (Å²) in [5.41, 5.74) is 0.0498. The Morgan fingerprint density at radius 2 is 1.96 bits per heavy atom. The molecule has 0 unspecified atom stereocenters. The topological polar surface area (TPSA) is 150 Å². The molecule has 0 atom stereocenters. The molecule has 0 radical (unpaired) electrons. The number of aromatic nitrogens is 2. The number of anilines is 1. The Bertz CT molecular complexity index is 725. The van der Waals surface area contributed by atoms with Gasteiger partial charge in [-0.05, 0) is 12.1 Å². The van der Waals surface area contributed by atoms with E-state index in [1.165, 1.54) is 30.6 Å². The molecule has 1 aromatic heterocycles. The largest absolute Gasteiger partial charge is 0.395 e. The third-order valence-electron chi connectivity index (χ3n) is 2.81. The van der Waals surface area contributed by atoms with Crippen LogP contribution in [0.3, 0.4) is 0 Å². The van der Waals surface area contributed by atoms with E-state index in [0.717, 1.165) is 0 Å². The molecule has 0 spiro atoms. The Hall–Kier alpha value is -3.27. The van der Waals surface area contributed by atoms with E-state index in [1.807, 2.05) is 0 Å². The average molecular weight is 319 g/mol. The number of rotatable bonds is 6. The number of nitrogens with one attached hydrogen (secondary N) is 3. The summed E-state index contributed by atoms with van der Waals surface area (Å²) in [6, 6.07) is 5.23. The summed E-state index contributed by atoms with van der Waals surface area (Å²) >= 11 is 0. The number of aliphatic hydroxyl groups is 1.